The largest absolute Gasteiger partial charge is 0.316 e. The van der Waals surface area contributed by atoms with Gasteiger partial charge in [0.25, 0.3) is 0 Å². The number of hydrogen-bond acceptors (Lipinski definition) is 1. The number of hydrogen-bond donors (Lipinski definition) is 1. The molecule has 1 fully saturated rings. The lowest BCUT2D eigenvalue weighted by molar-refractivity contribution is 0.298. The predicted molar refractivity (Wildman–Crippen MR) is 68.1 cm³/mol. The van der Waals surface area contributed by atoms with Crippen molar-refractivity contribution in [3.63, 3.8) is 0 Å². The lowest BCUT2D eigenvalue weighted by Gasteiger charge is -2.23. The van der Waals surface area contributed by atoms with Gasteiger partial charge in [-0.2, -0.15) is 0 Å². The minimum Gasteiger partial charge on any atom is -0.316 e. The summed E-state index contributed by atoms with van der Waals surface area (Å²) in [6, 6.07) is 0. The first-order valence-corrected chi connectivity index (χ1v) is 7.09. The Kier molecular flexibility index (Phi) is 7.08. The van der Waals surface area contributed by atoms with Crippen molar-refractivity contribution in [3.05, 3.63) is 0 Å². The minimum absolute atomic E-state index is 0.971. The minimum atomic E-state index is 0.971. The number of unbranched alkanes of at least 4 members (excludes halogenated alkanes) is 1. The molecular formula is C14H29N. The van der Waals surface area contributed by atoms with Gasteiger partial charge < -0.3 is 5.32 Å². The van der Waals surface area contributed by atoms with Crippen LogP contribution in [0.5, 0.6) is 0 Å². The molecule has 0 bridgehead atoms. The first-order valence-electron chi connectivity index (χ1n) is 7.09. The highest BCUT2D eigenvalue weighted by molar-refractivity contribution is 4.77. The Labute approximate surface area is 96.0 Å². The van der Waals surface area contributed by atoms with Crippen LogP contribution in [-0.2, 0) is 0 Å². The summed E-state index contributed by atoms with van der Waals surface area (Å²) in [5.74, 6) is 2.01. The number of nitrogens with one attached hydrogen (secondary N) is 1. The molecule has 1 aliphatic carbocycles. The Morgan fingerprint density at radius 3 is 2.47 bits per heavy atom. The maximum Gasteiger partial charge on any atom is -0.00179 e. The first-order chi connectivity index (χ1) is 7.38. The normalized spacial score (nSPS) is 19.6. The van der Waals surface area contributed by atoms with Crippen LogP contribution in [0, 0.1) is 11.8 Å². The van der Waals surface area contributed by atoms with Crippen LogP contribution in [0.15, 0.2) is 0 Å². The molecular weight excluding hydrogens is 182 g/mol. The highest BCUT2D eigenvalue weighted by Crippen LogP contribution is 2.33. The van der Waals surface area contributed by atoms with Crippen molar-refractivity contribution in [3.8, 4) is 0 Å². The van der Waals surface area contributed by atoms with E-state index in [2.05, 4.69) is 19.2 Å². The van der Waals surface area contributed by atoms with Crippen LogP contribution in [0.4, 0.5) is 0 Å². The maximum absolute atomic E-state index is 3.62. The van der Waals surface area contributed by atoms with Crippen molar-refractivity contribution in [2.24, 2.45) is 11.8 Å². The van der Waals surface area contributed by atoms with Gasteiger partial charge in [-0.3, -0.25) is 0 Å². The molecule has 0 aliphatic heterocycles. The van der Waals surface area contributed by atoms with Gasteiger partial charge in [-0.1, -0.05) is 52.4 Å². The van der Waals surface area contributed by atoms with Crippen LogP contribution in [0.3, 0.4) is 0 Å². The average molecular weight is 211 g/mol. The van der Waals surface area contributed by atoms with E-state index < -0.39 is 0 Å². The monoisotopic (exact) mass is 211 g/mol. The van der Waals surface area contributed by atoms with Gasteiger partial charge in [0, 0.05) is 0 Å². The van der Waals surface area contributed by atoms with E-state index in [-0.39, 0.29) is 0 Å². The summed E-state index contributed by atoms with van der Waals surface area (Å²) in [7, 11) is 0. The van der Waals surface area contributed by atoms with Gasteiger partial charge in [-0.25, -0.2) is 0 Å². The summed E-state index contributed by atoms with van der Waals surface area (Å²) in [5.41, 5.74) is 0. The third-order valence-electron chi connectivity index (χ3n) is 3.83. The van der Waals surface area contributed by atoms with E-state index in [9.17, 15) is 0 Å². The molecule has 1 unspecified atom stereocenters. The average Bonchev–Trinajstić information content (AvgIpc) is 2.76. The summed E-state index contributed by atoms with van der Waals surface area (Å²) >= 11 is 0. The Balaban J connectivity index is 2.23. The van der Waals surface area contributed by atoms with Crippen molar-refractivity contribution in [2.45, 2.75) is 65.2 Å². The molecule has 1 saturated carbocycles. The van der Waals surface area contributed by atoms with E-state index in [1.165, 1.54) is 64.5 Å². The van der Waals surface area contributed by atoms with Gasteiger partial charge in [0.1, 0.15) is 0 Å². The smallest absolute Gasteiger partial charge is 0.00179 e. The van der Waals surface area contributed by atoms with Crippen molar-refractivity contribution in [2.75, 3.05) is 13.1 Å². The second kappa shape index (κ2) is 8.15. The van der Waals surface area contributed by atoms with Crippen LogP contribution in [-0.4, -0.2) is 13.1 Å². The van der Waals surface area contributed by atoms with Gasteiger partial charge in [0.05, 0.1) is 0 Å². The van der Waals surface area contributed by atoms with E-state index >= 15 is 0 Å². The van der Waals surface area contributed by atoms with E-state index in [4.69, 9.17) is 0 Å². The van der Waals surface area contributed by atoms with E-state index in [1.54, 1.807) is 0 Å². The van der Waals surface area contributed by atoms with Crippen LogP contribution in [0.25, 0.3) is 0 Å². The zero-order chi connectivity index (χ0) is 10.9. The second-order valence-electron chi connectivity index (χ2n) is 5.15. The zero-order valence-corrected chi connectivity index (χ0v) is 10.7. The third-order valence-corrected chi connectivity index (χ3v) is 3.83. The molecule has 0 spiro atoms. The SMILES string of the molecule is CCCCC(CNCCC)C1CCCC1. The number of rotatable bonds is 8. The van der Waals surface area contributed by atoms with Crippen LogP contribution >= 0.6 is 0 Å². The summed E-state index contributed by atoms with van der Waals surface area (Å²) < 4.78 is 0. The molecule has 0 amide bonds. The van der Waals surface area contributed by atoms with Gasteiger partial charge in [0.15, 0.2) is 0 Å². The fourth-order valence-corrected chi connectivity index (χ4v) is 2.86. The van der Waals surface area contributed by atoms with E-state index in [0.29, 0.717) is 0 Å². The molecule has 0 aromatic carbocycles. The van der Waals surface area contributed by atoms with Gasteiger partial charge in [-0.15, -0.1) is 0 Å². The molecule has 0 radical (unpaired) electrons. The highest BCUT2D eigenvalue weighted by Gasteiger charge is 2.23. The molecule has 1 N–H and O–H groups in total. The summed E-state index contributed by atoms with van der Waals surface area (Å²) in [6.45, 7) is 7.04. The van der Waals surface area contributed by atoms with E-state index in [0.717, 1.165) is 11.8 Å². The first kappa shape index (κ1) is 13.0. The topological polar surface area (TPSA) is 12.0 Å². The Bertz CT molecular complexity index is 138. The fraction of sp³-hybridized carbons (Fsp3) is 1.00. The molecule has 0 saturated heterocycles. The molecule has 1 rings (SSSR count). The van der Waals surface area contributed by atoms with E-state index in [1.807, 2.05) is 0 Å². The Morgan fingerprint density at radius 1 is 1.13 bits per heavy atom. The summed E-state index contributed by atoms with van der Waals surface area (Å²) in [5, 5.41) is 3.62. The van der Waals surface area contributed by atoms with Gasteiger partial charge >= 0.3 is 0 Å². The second-order valence-corrected chi connectivity index (χ2v) is 5.15. The molecule has 0 aromatic heterocycles. The van der Waals surface area contributed by atoms with Crippen LogP contribution in [0.1, 0.15) is 65.2 Å². The van der Waals surface area contributed by atoms with Crippen molar-refractivity contribution < 1.29 is 0 Å². The van der Waals surface area contributed by atoms with Crippen LogP contribution in [0.2, 0.25) is 0 Å². The Morgan fingerprint density at radius 2 is 1.87 bits per heavy atom. The standard InChI is InChI=1S/C14H29N/c1-3-5-8-14(12-15-11-4-2)13-9-6-7-10-13/h13-15H,3-12H2,1-2H3. The third kappa shape index (κ3) is 5.01. The summed E-state index contributed by atoms with van der Waals surface area (Å²) in [4.78, 5) is 0. The lowest BCUT2D eigenvalue weighted by Crippen LogP contribution is -2.27. The molecule has 15 heavy (non-hydrogen) atoms. The van der Waals surface area contributed by atoms with Gasteiger partial charge in [-0.05, 0) is 37.8 Å². The predicted octanol–water partition coefficient (Wildman–Crippen LogP) is 3.98. The van der Waals surface area contributed by atoms with Gasteiger partial charge in [0.2, 0.25) is 0 Å². The molecule has 0 aromatic rings. The highest BCUT2D eigenvalue weighted by atomic mass is 14.9. The van der Waals surface area contributed by atoms with Crippen molar-refractivity contribution >= 4 is 0 Å². The maximum atomic E-state index is 3.62. The zero-order valence-electron chi connectivity index (χ0n) is 10.7. The molecule has 1 heteroatoms. The Hall–Kier alpha value is -0.0400. The molecule has 1 aliphatic rings. The molecule has 90 valence electrons. The lowest BCUT2D eigenvalue weighted by atomic mass is 9.86. The van der Waals surface area contributed by atoms with Crippen LogP contribution < -0.4 is 5.32 Å². The van der Waals surface area contributed by atoms with Crippen molar-refractivity contribution in [1.82, 2.24) is 5.32 Å². The summed E-state index contributed by atoms with van der Waals surface area (Å²) in [6.07, 6.45) is 11.5. The fourth-order valence-electron chi connectivity index (χ4n) is 2.86. The molecule has 1 nitrogen and oxygen atoms in total. The molecule has 1 atom stereocenters. The quantitative estimate of drug-likeness (QED) is 0.599. The molecule has 0 heterocycles. The van der Waals surface area contributed by atoms with Crippen molar-refractivity contribution in [1.29, 1.82) is 0 Å².